The van der Waals surface area contributed by atoms with Gasteiger partial charge in [-0.1, -0.05) is 42.5 Å². The first kappa shape index (κ1) is 19.4. The molecule has 1 N–H and O–H groups in total. The third-order valence-electron chi connectivity index (χ3n) is 4.78. The highest BCUT2D eigenvalue weighted by Gasteiger charge is 2.35. The number of rotatable bonds is 6. The highest BCUT2D eigenvalue weighted by molar-refractivity contribution is 6.04. The van der Waals surface area contributed by atoms with Gasteiger partial charge in [-0.15, -0.1) is 0 Å². The molecule has 0 aromatic heterocycles. The van der Waals surface area contributed by atoms with Gasteiger partial charge < -0.3 is 14.7 Å². The van der Waals surface area contributed by atoms with Crippen LogP contribution in [0, 0.1) is 0 Å². The van der Waals surface area contributed by atoms with Crippen LogP contribution in [0.2, 0.25) is 0 Å². The monoisotopic (exact) mass is 382 g/mol. The van der Waals surface area contributed by atoms with Gasteiger partial charge in [0.05, 0.1) is 5.69 Å². The predicted octanol–water partition coefficient (Wildman–Crippen LogP) is 1.95. The van der Waals surface area contributed by atoms with Crippen LogP contribution in [-0.4, -0.2) is 53.5 Å². The standard InChI is InChI=1S/C21H22N2O5/c1-14-20(25)23(16-10-6-7-11-18(16)28-14)13-19(24)22(2)17(21(26)27)12-15-8-4-3-5-9-15/h3-11,14,17H,12-13H2,1-2H3,(H,26,27). The first-order chi connectivity index (χ1) is 13.4. The van der Waals surface area contributed by atoms with Gasteiger partial charge in [0.1, 0.15) is 18.3 Å². The molecule has 0 spiro atoms. The Bertz CT molecular complexity index is 883. The van der Waals surface area contributed by atoms with E-state index in [1.165, 1.54) is 16.8 Å². The molecule has 28 heavy (non-hydrogen) atoms. The zero-order chi connectivity index (χ0) is 20.3. The van der Waals surface area contributed by atoms with E-state index in [0.29, 0.717) is 11.4 Å². The number of nitrogens with zero attached hydrogens (tertiary/aromatic N) is 2. The molecule has 7 heteroatoms. The average Bonchev–Trinajstić information content (AvgIpc) is 2.69. The fourth-order valence-corrected chi connectivity index (χ4v) is 3.17. The fraction of sp³-hybridized carbons (Fsp3) is 0.286. The summed E-state index contributed by atoms with van der Waals surface area (Å²) >= 11 is 0. The molecule has 1 heterocycles. The van der Waals surface area contributed by atoms with Crippen molar-refractivity contribution in [3.63, 3.8) is 0 Å². The number of anilines is 1. The SMILES string of the molecule is CC1Oc2ccccc2N(CC(=O)N(C)C(Cc2ccccc2)C(=O)O)C1=O. The molecule has 2 aromatic rings. The van der Waals surface area contributed by atoms with E-state index in [0.717, 1.165) is 5.56 Å². The minimum absolute atomic E-state index is 0.183. The summed E-state index contributed by atoms with van der Waals surface area (Å²) in [5.74, 6) is -1.37. The molecule has 1 aliphatic heterocycles. The van der Waals surface area contributed by atoms with E-state index in [4.69, 9.17) is 4.74 Å². The van der Waals surface area contributed by atoms with Crippen molar-refractivity contribution in [3.05, 3.63) is 60.2 Å². The summed E-state index contributed by atoms with van der Waals surface area (Å²) in [6, 6.07) is 15.1. The molecule has 0 fully saturated rings. The van der Waals surface area contributed by atoms with E-state index in [1.807, 2.05) is 30.3 Å². The van der Waals surface area contributed by atoms with Gasteiger partial charge in [0.15, 0.2) is 6.10 Å². The number of benzene rings is 2. The highest BCUT2D eigenvalue weighted by Crippen LogP contribution is 2.33. The minimum atomic E-state index is -1.10. The normalized spacial score (nSPS) is 16.7. The minimum Gasteiger partial charge on any atom is -0.480 e. The molecular weight excluding hydrogens is 360 g/mol. The maximum Gasteiger partial charge on any atom is 0.326 e. The first-order valence-electron chi connectivity index (χ1n) is 8.98. The van der Waals surface area contributed by atoms with Crippen LogP contribution in [0.3, 0.4) is 0 Å². The smallest absolute Gasteiger partial charge is 0.326 e. The number of carbonyl (C=O) groups is 3. The molecular formula is C21H22N2O5. The maximum atomic E-state index is 12.8. The molecule has 2 aromatic carbocycles. The van der Waals surface area contributed by atoms with Crippen LogP contribution in [0.4, 0.5) is 5.69 Å². The van der Waals surface area contributed by atoms with E-state index < -0.39 is 24.0 Å². The van der Waals surface area contributed by atoms with Crippen LogP contribution < -0.4 is 9.64 Å². The highest BCUT2D eigenvalue weighted by atomic mass is 16.5. The van der Waals surface area contributed by atoms with Crippen molar-refractivity contribution in [3.8, 4) is 5.75 Å². The van der Waals surface area contributed by atoms with E-state index in [1.54, 1.807) is 31.2 Å². The van der Waals surface area contributed by atoms with Gasteiger partial charge in [-0.3, -0.25) is 14.5 Å². The Kier molecular flexibility index (Phi) is 5.63. The summed E-state index contributed by atoms with van der Waals surface area (Å²) in [7, 11) is 1.45. The summed E-state index contributed by atoms with van der Waals surface area (Å²) in [5.41, 5.74) is 1.32. The number of hydrogen-bond acceptors (Lipinski definition) is 4. The average molecular weight is 382 g/mol. The van der Waals surface area contributed by atoms with E-state index >= 15 is 0 Å². The molecule has 1 aliphatic rings. The Morgan fingerprint density at radius 2 is 1.79 bits per heavy atom. The number of carboxylic acids is 1. The van der Waals surface area contributed by atoms with Gasteiger partial charge in [-0.2, -0.15) is 0 Å². The van der Waals surface area contributed by atoms with Crippen molar-refractivity contribution >= 4 is 23.5 Å². The number of hydrogen-bond donors (Lipinski definition) is 1. The number of para-hydroxylation sites is 2. The largest absolute Gasteiger partial charge is 0.480 e. The number of amides is 2. The van der Waals surface area contributed by atoms with Crippen LogP contribution in [0.25, 0.3) is 0 Å². The number of ether oxygens (including phenoxy) is 1. The number of carboxylic acid groups (broad SMARTS) is 1. The maximum absolute atomic E-state index is 12.8. The summed E-state index contributed by atoms with van der Waals surface area (Å²) in [6.45, 7) is 1.37. The van der Waals surface area contributed by atoms with Crippen LogP contribution in [-0.2, 0) is 20.8 Å². The van der Waals surface area contributed by atoms with Gasteiger partial charge >= 0.3 is 5.97 Å². The summed E-state index contributed by atoms with van der Waals surface area (Å²) < 4.78 is 5.57. The third-order valence-corrected chi connectivity index (χ3v) is 4.78. The van der Waals surface area contributed by atoms with Crippen LogP contribution >= 0.6 is 0 Å². The quantitative estimate of drug-likeness (QED) is 0.825. The topological polar surface area (TPSA) is 87.2 Å². The van der Waals surface area contributed by atoms with Gasteiger partial charge in [0.25, 0.3) is 5.91 Å². The van der Waals surface area contributed by atoms with Crippen molar-refractivity contribution in [1.82, 2.24) is 4.90 Å². The lowest BCUT2D eigenvalue weighted by Crippen LogP contribution is -2.52. The lowest BCUT2D eigenvalue weighted by Gasteiger charge is -2.34. The zero-order valence-electron chi connectivity index (χ0n) is 15.7. The Morgan fingerprint density at radius 3 is 2.46 bits per heavy atom. The van der Waals surface area contributed by atoms with Crippen molar-refractivity contribution in [2.75, 3.05) is 18.5 Å². The van der Waals surface area contributed by atoms with Crippen LogP contribution in [0.1, 0.15) is 12.5 Å². The van der Waals surface area contributed by atoms with Crippen molar-refractivity contribution in [1.29, 1.82) is 0 Å². The molecule has 2 atom stereocenters. The fourth-order valence-electron chi connectivity index (χ4n) is 3.17. The number of likely N-dealkylation sites (N-methyl/N-ethyl adjacent to an activating group) is 1. The number of carbonyl (C=O) groups excluding carboxylic acids is 2. The van der Waals surface area contributed by atoms with Crippen LogP contribution in [0.15, 0.2) is 54.6 Å². The zero-order valence-corrected chi connectivity index (χ0v) is 15.7. The summed E-state index contributed by atoms with van der Waals surface area (Å²) in [4.78, 5) is 39.7. The van der Waals surface area contributed by atoms with Crippen molar-refractivity contribution < 1.29 is 24.2 Å². The summed E-state index contributed by atoms with van der Waals surface area (Å²) in [5, 5.41) is 9.62. The van der Waals surface area contributed by atoms with Crippen LogP contribution in [0.5, 0.6) is 5.75 Å². The van der Waals surface area contributed by atoms with E-state index in [9.17, 15) is 19.5 Å². The van der Waals surface area contributed by atoms with Gasteiger partial charge in [0.2, 0.25) is 5.91 Å². The molecule has 0 saturated carbocycles. The molecule has 3 rings (SSSR count). The molecule has 2 unspecified atom stereocenters. The molecule has 0 bridgehead atoms. The first-order valence-corrected chi connectivity index (χ1v) is 8.98. The van der Waals surface area contributed by atoms with Crippen molar-refractivity contribution in [2.45, 2.75) is 25.5 Å². The molecule has 146 valence electrons. The second-order valence-corrected chi connectivity index (χ2v) is 6.70. The molecule has 7 nitrogen and oxygen atoms in total. The lowest BCUT2D eigenvalue weighted by atomic mass is 10.0. The second-order valence-electron chi connectivity index (χ2n) is 6.70. The van der Waals surface area contributed by atoms with Gasteiger partial charge in [0, 0.05) is 13.5 Å². The summed E-state index contributed by atoms with van der Waals surface area (Å²) in [6.07, 6.45) is -0.532. The number of fused-ring (bicyclic) bond motifs is 1. The van der Waals surface area contributed by atoms with Gasteiger partial charge in [-0.25, -0.2) is 4.79 Å². The Hall–Kier alpha value is -3.35. The lowest BCUT2D eigenvalue weighted by molar-refractivity contribution is -0.148. The number of aliphatic carboxylic acids is 1. The molecule has 0 aliphatic carbocycles. The van der Waals surface area contributed by atoms with E-state index in [2.05, 4.69) is 0 Å². The van der Waals surface area contributed by atoms with Gasteiger partial charge in [-0.05, 0) is 24.6 Å². The Morgan fingerprint density at radius 1 is 1.14 bits per heavy atom. The Labute approximate surface area is 163 Å². The molecule has 0 saturated heterocycles. The molecule has 0 radical (unpaired) electrons. The molecule has 2 amide bonds. The predicted molar refractivity (Wildman–Crippen MR) is 103 cm³/mol. The second kappa shape index (κ2) is 8.12. The Balaban J connectivity index is 1.79. The van der Waals surface area contributed by atoms with E-state index in [-0.39, 0.29) is 18.9 Å². The van der Waals surface area contributed by atoms with Crippen molar-refractivity contribution in [2.24, 2.45) is 0 Å². The third kappa shape index (κ3) is 3.98.